The third kappa shape index (κ3) is 5.05. The standard InChI is InChI=1S/C46H30N6/c1-4-15-31(16-5-1)43-48-44(32-17-6-2-7-18-32)50-46(49-43)52-40-25-12-10-23-37(40)38-30-34(27-28-41(38)52)33-19-14-20-35(29-33)45-47-39-24-11-13-26-42(39)51(45)36-21-8-3-9-22-36/h1-30H. The van der Waals surface area contributed by atoms with Crippen molar-refractivity contribution >= 4 is 32.8 Å². The highest BCUT2D eigenvalue weighted by atomic mass is 15.2. The normalized spacial score (nSPS) is 11.5. The third-order valence-electron chi connectivity index (χ3n) is 9.59. The molecule has 10 rings (SSSR count). The molecule has 52 heavy (non-hydrogen) atoms. The summed E-state index contributed by atoms with van der Waals surface area (Å²) in [5, 5.41) is 2.25. The molecular formula is C46H30N6. The fourth-order valence-electron chi connectivity index (χ4n) is 7.16. The van der Waals surface area contributed by atoms with Crippen molar-refractivity contribution in [3.63, 3.8) is 0 Å². The van der Waals surface area contributed by atoms with Gasteiger partial charge in [-0.2, -0.15) is 9.97 Å². The lowest BCUT2D eigenvalue weighted by Gasteiger charge is -2.12. The van der Waals surface area contributed by atoms with Gasteiger partial charge in [-0.25, -0.2) is 9.97 Å². The molecule has 0 fully saturated rings. The predicted molar refractivity (Wildman–Crippen MR) is 211 cm³/mol. The molecule has 0 atom stereocenters. The molecule has 6 heteroatoms. The summed E-state index contributed by atoms with van der Waals surface area (Å²) >= 11 is 0. The van der Waals surface area contributed by atoms with Gasteiger partial charge in [0.15, 0.2) is 11.6 Å². The van der Waals surface area contributed by atoms with Gasteiger partial charge in [0.1, 0.15) is 5.82 Å². The highest BCUT2D eigenvalue weighted by molar-refractivity contribution is 6.10. The van der Waals surface area contributed by atoms with Crippen LogP contribution in [-0.2, 0) is 0 Å². The van der Waals surface area contributed by atoms with Crippen molar-refractivity contribution in [1.82, 2.24) is 29.1 Å². The van der Waals surface area contributed by atoms with Crippen LogP contribution in [0.4, 0.5) is 0 Å². The molecule has 0 radical (unpaired) electrons. The number of benzene rings is 7. The predicted octanol–water partition coefficient (Wildman–Crippen LogP) is 11.0. The van der Waals surface area contributed by atoms with Gasteiger partial charge in [0.25, 0.3) is 0 Å². The average molecular weight is 667 g/mol. The molecule has 3 aromatic heterocycles. The zero-order valence-electron chi connectivity index (χ0n) is 28.0. The van der Waals surface area contributed by atoms with E-state index in [0.717, 1.165) is 72.2 Å². The Labute approximate surface area is 300 Å². The van der Waals surface area contributed by atoms with Crippen molar-refractivity contribution in [1.29, 1.82) is 0 Å². The van der Waals surface area contributed by atoms with Gasteiger partial charge in [-0.05, 0) is 59.7 Å². The number of nitrogens with zero attached hydrogens (tertiary/aromatic N) is 6. The third-order valence-corrected chi connectivity index (χ3v) is 9.59. The van der Waals surface area contributed by atoms with Crippen LogP contribution in [0.3, 0.4) is 0 Å². The van der Waals surface area contributed by atoms with Gasteiger partial charge in [-0.15, -0.1) is 0 Å². The lowest BCUT2D eigenvalue weighted by Crippen LogP contribution is -2.06. The Kier molecular flexibility index (Phi) is 7.03. The quantitative estimate of drug-likeness (QED) is 0.177. The molecule has 0 unspecified atom stereocenters. The van der Waals surface area contributed by atoms with E-state index < -0.39 is 0 Å². The van der Waals surface area contributed by atoms with Crippen LogP contribution in [-0.4, -0.2) is 29.1 Å². The van der Waals surface area contributed by atoms with E-state index in [9.17, 15) is 0 Å². The van der Waals surface area contributed by atoms with Crippen LogP contribution in [0, 0.1) is 0 Å². The van der Waals surface area contributed by atoms with Crippen molar-refractivity contribution in [3.8, 4) is 56.9 Å². The van der Waals surface area contributed by atoms with E-state index in [1.54, 1.807) is 0 Å². The number of hydrogen-bond donors (Lipinski definition) is 0. The zero-order valence-corrected chi connectivity index (χ0v) is 28.0. The summed E-state index contributed by atoms with van der Waals surface area (Å²) in [5.41, 5.74) is 10.3. The Bertz CT molecular complexity index is 2830. The van der Waals surface area contributed by atoms with Gasteiger partial charge in [-0.3, -0.25) is 9.13 Å². The summed E-state index contributed by atoms with van der Waals surface area (Å²) < 4.78 is 4.40. The highest BCUT2D eigenvalue weighted by Gasteiger charge is 2.19. The minimum absolute atomic E-state index is 0.577. The van der Waals surface area contributed by atoms with Crippen LogP contribution in [0.5, 0.6) is 0 Å². The minimum Gasteiger partial charge on any atom is -0.292 e. The van der Waals surface area contributed by atoms with Gasteiger partial charge in [-0.1, -0.05) is 133 Å². The van der Waals surface area contributed by atoms with Gasteiger partial charge in [0.2, 0.25) is 5.95 Å². The first-order chi connectivity index (χ1) is 25.8. The van der Waals surface area contributed by atoms with Crippen LogP contribution in [0.1, 0.15) is 0 Å². The topological polar surface area (TPSA) is 61.4 Å². The Balaban J connectivity index is 1.14. The molecule has 0 amide bonds. The number of imidazole rings is 1. The summed E-state index contributed by atoms with van der Waals surface area (Å²) in [6.07, 6.45) is 0. The molecule has 0 aliphatic heterocycles. The van der Waals surface area contributed by atoms with Crippen molar-refractivity contribution in [3.05, 3.63) is 182 Å². The van der Waals surface area contributed by atoms with Crippen molar-refractivity contribution in [2.75, 3.05) is 0 Å². The summed E-state index contributed by atoms with van der Waals surface area (Å²) in [7, 11) is 0. The first-order valence-corrected chi connectivity index (χ1v) is 17.3. The second-order valence-corrected chi connectivity index (χ2v) is 12.8. The molecule has 0 spiro atoms. The minimum atomic E-state index is 0.577. The Morgan fingerprint density at radius 3 is 1.62 bits per heavy atom. The van der Waals surface area contributed by atoms with Crippen LogP contribution in [0.15, 0.2) is 182 Å². The molecule has 0 aliphatic carbocycles. The fraction of sp³-hybridized carbons (Fsp3) is 0. The molecule has 0 N–H and O–H groups in total. The monoisotopic (exact) mass is 666 g/mol. The molecule has 0 saturated heterocycles. The van der Waals surface area contributed by atoms with E-state index in [-0.39, 0.29) is 0 Å². The van der Waals surface area contributed by atoms with Crippen molar-refractivity contribution < 1.29 is 0 Å². The first-order valence-electron chi connectivity index (χ1n) is 17.3. The molecule has 7 aromatic carbocycles. The average Bonchev–Trinajstić information content (AvgIpc) is 3.78. The van der Waals surface area contributed by atoms with Crippen molar-refractivity contribution in [2.24, 2.45) is 0 Å². The number of aromatic nitrogens is 6. The van der Waals surface area contributed by atoms with Crippen LogP contribution in [0.25, 0.3) is 89.8 Å². The second kappa shape index (κ2) is 12.3. The van der Waals surface area contributed by atoms with Crippen molar-refractivity contribution in [2.45, 2.75) is 0 Å². The Morgan fingerprint density at radius 1 is 0.327 bits per heavy atom. The van der Waals surface area contributed by atoms with E-state index in [2.05, 4.69) is 118 Å². The van der Waals surface area contributed by atoms with Gasteiger partial charge in [0, 0.05) is 33.2 Å². The lowest BCUT2D eigenvalue weighted by molar-refractivity contribution is 0.953. The summed E-state index contributed by atoms with van der Waals surface area (Å²) in [6, 6.07) is 62.7. The maximum absolute atomic E-state index is 5.12. The van der Waals surface area contributed by atoms with E-state index in [1.165, 1.54) is 0 Å². The number of hydrogen-bond acceptors (Lipinski definition) is 4. The maximum atomic E-state index is 5.12. The molecule has 10 aromatic rings. The Hall–Kier alpha value is -7.18. The largest absolute Gasteiger partial charge is 0.292 e. The van der Waals surface area contributed by atoms with E-state index >= 15 is 0 Å². The van der Waals surface area contributed by atoms with Gasteiger partial charge in [0.05, 0.1) is 22.1 Å². The Morgan fingerprint density at radius 2 is 0.885 bits per heavy atom. The maximum Gasteiger partial charge on any atom is 0.238 e. The number of para-hydroxylation sites is 4. The molecule has 3 heterocycles. The fourth-order valence-corrected chi connectivity index (χ4v) is 7.16. The smallest absolute Gasteiger partial charge is 0.238 e. The SMILES string of the molecule is c1ccc(-c2nc(-c3ccccc3)nc(-n3c4ccccc4c4cc(-c5cccc(-c6nc7ccccc7n6-c6ccccc6)c5)ccc43)n2)cc1. The molecule has 0 bridgehead atoms. The highest BCUT2D eigenvalue weighted by Crippen LogP contribution is 2.37. The second-order valence-electron chi connectivity index (χ2n) is 12.8. The lowest BCUT2D eigenvalue weighted by atomic mass is 10.0. The summed E-state index contributed by atoms with van der Waals surface area (Å²) in [6.45, 7) is 0. The number of fused-ring (bicyclic) bond motifs is 4. The van der Waals surface area contributed by atoms with Gasteiger partial charge >= 0.3 is 0 Å². The van der Waals surface area contributed by atoms with Crippen LogP contribution in [0.2, 0.25) is 0 Å². The zero-order chi connectivity index (χ0) is 34.4. The molecular weight excluding hydrogens is 637 g/mol. The molecule has 6 nitrogen and oxygen atoms in total. The van der Waals surface area contributed by atoms with E-state index in [4.69, 9.17) is 19.9 Å². The molecule has 0 aliphatic rings. The van der Waals surface area contributed by atoms with E-state index in [0.29, 0.717) is 17.6 Å². The van der Waals surface area contributed by atoms with Crippen LogP contribution >= 0.6 is 0 Å². The number of rotatable bonds is 6. The van der Waals surface area contributed by atoms with Gasteiger partial charge < -0.3 is 0 Å². The summed E-state index contributed by atoms with van der Waals surface area (Å²) in [5.74, 6) is 2.74. The first kappa shape index (κ1) is 29.7. The molecule has 244 valence electrons. The van der Waals surface area contributed by atoms with E-state index in [1.807, 2.05) is 72.8 Å². The van der Waals surface area contributed by atoms with Crippen LogP contribution < -0.4 is 0 Å². The summed E-state index contributed by atoms with van der Waals surface area (Å²) in [4.78, 5) is 20.2. The molecule has 0 saturated carbocycles.